The zero-order valence-corrected chi connectivity index (χ0v) is 8.89. The van der Waals surface area contributed by atoms with Gasteiger partial charge in [0.2, 0.25) is 0 Å². The van der Waals surface area contributed by atoms with E-state index in [9.17, 15) is 0 Å². The van der Waals surface area contributed by atoms with E-state index < -0.39 is 0 Å². The molecular formula is C12H23N. The van der Waals surface area contributed by atoms with Gasteiger partial charge in [-0.25, -0.2) is 0 Å². The largest absolute Gasteiger partial charge is 0.325 e. The summed E-state index contributed by atoms with van der Waals surface area (Å²) in [6.07, 6.45) is 11.2. The van der Waals surface area contributed by atoms with E-state index in [0.29, 0.717) is 0 Å². The minimum atomic E-state index is 0.275. The number of hydrogen-bond acceptors (Lipinski definition) is 1. The first-order valence-corrected chi connectivity index (χ1v) is 6.05. The molecular weight excluding hydrogens is 158 g/mol. The van der Waals surface area contributed by atoms with Crippen molar-refractivity contribution in [3.63, 3.8) is 0 Å². The predicted octanol–water partition coefficient (Wildman–Crippen LogP) is 3.08. The normalized spacial score (nSPS) is 40.6. The summed E-state index contributed by atoms with van der Waals surface area (Å²) in [6, 6.07) is 0. The molecule has 1 heteroatoms. The van der Waals surface area contributed by atoms with Crippen LogP contribution in [0.3, 0.4) is 0 Å². The van der Waals surface area contributed by atoms with E-state index in [1.165, 1.54) is 51.4 Å². The lowest BCUT2D eigenvalue weighted by atomic mass is 9.84. The molecule has 0 aromatic heterocycles. The van der Waals surface area contributed by atoms with Crippen LogP contribution in [0.5, 0.6) is 0 Å². The van der Waals surface area contributed by atoms with Gasteiger partial charge in [0.15, 0.2) is 0 Å². The Kier molecular flexibility index (Phi) is 2.64. The van der Waals surface area contributed by atoms with Crippen molar-refractivity contribution in [3.8, 4) is 0 Å². The Hall–Kier alpha value is -0.0400. The van der Waals surface area contributed by atoms with Crippen LogP contribution in [-0.2, 0) is 0 Å². The van der Waals surface area contributed by atoms with Crippen molar-refractivity contribution in [1.29, 1.82) is 0 Å². The molecule has 2 atom stereocenters. The van der Waals surface area contributed by atoms with Crippen molar-refractivity contribution in [1.82, 2.24) is 0 Å². The Bertz CT molecular complexity index is 172. The number of nitrogens with two attached hydrogens (primary N) is 1. The second-order valence-corrected chi connectivity index (χ2v) is 5.19. The van der Waals surface area contributed by atoms with Gasteiger partial charge < -0.3 is 5.73 Å². The summed E-state index contributed by atoms with van der Waals surface area (Å²) in [5, 5.41) is 0. The Labute approximate surface area is 82.1 Å². The summed E-state index contributed by atoms with van der Waals surface area (Å²) in [5.41, 5.74) is 6.61. The molecule has 0 saturated heterocycles. The van der Waals surface area contributed by atoms with Gasteiger partial charge >= 0.3 is 0 Å². The van der Waals surface area contributed by atoms with Crippen LogP contribution in [0.2, 0.25) is 0 Å². The molecule has 0 amide bonds. The molecule has 0 bridgehead atoms. The average molecular weight is 181 g/mol. The molecule has 2 rings (SSSR count). The maximum Gasteiger partial charge on any atom is 0.0189 e. The van der Waals surface area contributed by atoms with Crippen molar-refractivity contribution in [2.24, 2.45) is 17.6 Å². The lowest BCUT2D eigenvalue weighted by Crippen LogP contribution is -2.28. The molecule has 2 saturated carbocycles. The molecule has 2 aliphatic rings. The lowest BCUT2D eigenvalue weighted by Gasteiger charge is -2.23. The Morgan fingerprint density at radius 2 is 1.92 bits per heavy atom. The fraction of sp³-hybridized carbons (Fsp3) is 1.00. The van der Waals surface area contributed by atoms with Crippen LogP contribution in [0, 0.1) is 11.8 Å². The van der Waals surface area contributed by atoms with Gasteiger partial charge in [-0.3, -0.25) is 0 Å². The molecule has 0 aromatic rings. The van der Waals surface area contributed by atoms with E-state index in [1.807, 2.05) is 0 Å². The molecule has 0 spiro atoms. The van der Waals surface area contributed by atoms with Gasteiger partial charge in [-0.05, 0) is 24.7 Å². The van der Waals surface area contributed by atoms with Crippen LogP contribution in [0.15, 0.2) is 0 Å². The summed E-state index contributed by atoms with van der Waals surface area (Å²) in [7, 11) is 0. The molecule has 0 radical (unpaired) electrons. The average Bonchev–Trinajstić information content (AvgIpc) is 2.80. The Morgan fingerprint density at radius 1 is 1.23 bits per heavy atom. The highest BCUT2D eigenvalue weighted by molar-refractivity contribution is 5.09. The number of hydrogen-bond donors (Lipinski definition) is 1. The highest BCUT2D eigenvalue weighted by Gasteiger charge is 2.53. The fourth-order valence-electron chi connectivity index (χ4n) is 3.28. The highest BCUT2D eigenvalue weighted by Crippen LogP contribution is 2.53. The zero-order chi connectivity index (χ0) is 9.31. The third kappa shape index (κ3) is 1.90. The summed E-state index contributed by atoms with van der Waals surface area (Å²) in [4.78, 5) is 0. The van der Waals surface area contributed by atoms with Crippen LogP contribution in [0.4, 0.5) is 0 Å². The maximum absolute atomic E-state index is 6.33. The fourth-order valence-corrected chi connectivity index (χ4v) is 3.28. The summed E-state index contributed by atoms with van der Waals surface area (Å²) in [5.74, 6) is 1.89. The minimum Gasteiger partial charge on any atom is -0.325 e. The van der Waals surface area contributed by atoms with Gasteiger partial charge in [-0.1, -0.05) is 45.4 Å². The first-order valence-electron chi connectivity index (χ1n) is 6.05. The van der Waals surface area contributed by atoms with E-state index in [2.05, 4.69) is 6.92 Å². The van der Waals surface area contributed by atoms with Gasteiger partial charge in [0.05, 0.1) is 0 Å². The van der Waals surface area contributed by atoms with Crippen LogP contribution in [-0.4, -0.2) is 5.54 Å². The van der Waals surface area contributed by atoms with Crippen LogP contribution in [0.25, 0.3) is 0 Å². The van der Waals surface area contributed by atoms with Gasteiger partial charge in [0, 0.05) is 5.54 Å². The van der Waals surface area contributed by atoms with Crippen LogP contribution < -0.4 is 5.73 Å². The smallest absolute Gasteiger partial charge is 0.0189 e. The first-order chi connectivity index (χ1) is 6.26. The summed E-state index contributed by atoms with van der Waals surface area (Å²) in [6.45, 7) is 2.25. The monoisotopic (exact) mass is 181 g/mol. The minimum absolute atomic E-state index is 0.275. The quantitative estimate of drug-likeness (QED) is 0.711. The van der Waals surface area contributed by atoms with E-state index in [1.54, 1.807) is 0 Å². The van der Waals surface area contributed by atoms with E-state index >= 15 is 0 Å². The van der Waals surface area contributed by atoms with Crippen molar-refractivity contribution >= 4 is 0 Å². The van der Waals surface area contributed by atoms with Gasteiger partial charge in [0.1, 0.15) is 0 Å². The molecule has 0 aromatic carbocycles. The van der Waals surface area contributed by atoms with Crippen molar-refractivity contribution in [3.05, 3.63) is 0 Å². The predicted molar refractivity (Wildman–Crippen MR) is 56.5 cm³/mol. The molecule has 1 nitrogen and oxygen atoms in total. The molecule has 13 heavy (non-hydrogen) atoms. The molecule has 2 aliphatic carbocycles. The first kappa shape index (κ1) is 9.51. The van der Waals surface area contributed by atoms with Crippen molar-refractivity contribution in [2.45, 2.75) is 63.8 Å². The summed E-state index contributed by atoms with van der Waals surface area (Å²) >= 11 is 0. The second kappa shape index (κ2) is 3.61. The van der Waals surface area contributed by atoms with E-state index in [0.717, 1.165) is 11.8 Å². The van der Waals surface area contributed by atoms with Crippen molar-refractivity contribution in [2.75, 3.05) is 0 Å². The maximum atomic E-state index is 6.33. The van der Waals surface area contributed by atoms with Crippen molar-refractivity contribution < 1.29 is 0 Å². The second-order valence-electron chi connectivity index (χ2n) is 5.19. The Balaban J connectivity index is 1.83. The molecule has 2 fully saturated rings. The van der Waals surface area contributed by atoms with Crippen LogP contribution >= 0.6 is 0 Å². The molecule has 76 valence electrons. The zero-order valence-electron chi connectivity index (χ0n) is 8.89. The molecule has 2 N–H and O–H groups in total. The van der Waals surface area contributed by atoms with Crippen LogP contribution in [0.1, 0.15) is 58.3 Å². The molecule has 0 aliphatic heterocycles. The topological polar surface area (TPSA) is 26.0 Å². The van der Waals surface area contributed by atoms with Gasteiger partial charge in [0.25, 0.3) is 0 Å². The molecule has 2 unspecified atom stereocenters. The third-order valence-corrected chi connectivity index (χ3v) is 4.11. The van der Waals surface area contributed by atoms with Gasteiger partial charge in [-0.15, -0.1) is 0 Å². The Morgan fingerprint density at radius 3 is 2.54 bits per heavy atom. The SMILES string of the molecule is CCCC1(N)CC1C1CCCCC1. The standard InChI is InChI=1S/C12H23N/c1-2-8-12(13)9-11(12)10-6-4-3-5-7-10/h10-11H,2-9,13H2,1H3. The van der Waals surface area contributed by atoms with E-state index in [4.69, 9.17) is 5.73 Å². The van der Waals surface area contributed by atoms with Gasteiger partial charge in [-0.2, -0.15) is 0 Å². The third-order valence-electron chi connectivity index (χ3n) is 4.11. The number of rotatable bonds is 3. The summed E-state index contributed by atoms with van der Waals surface area (Å²) < 4.78 is 0. The molecule has 0 heterocycles. The highest BCUT2D eigenvalue weighted by atomic mass is 14.9. The van der Waals surface area contributed by atoms with E-state index in [-0.39, 0.29) is 5.54 Å². The lowest BCUT2D eigenvalue weighted by molar-refractivity contribution is 0.297.